The number of halogens is 4. The number of carbonyl (C=O) groups is 1. The first kappa shape index (κ1) is 20.1. The summed E-state index contributed by atoms with van der Waals surface area (Å²) in [6.07, 6.45) is 1.84. The molecule has 4 rings (SSSR count). The predicted octanol–water partition coefficient (Wildman–Crippen LogP) is 4.45. The summed E-state index contributed by atoms with van der Waals surface area (Å²) in [5.74, 6) is -0.463. The van der Waals surface area contributed by atoms with Gasteiger partial charge in [0.05, 0.1) is 11.3 Å². The fraction of sp³-hybridized carbons (Fsp3) is 0.263. The molecule has 2 aliphatic heterocycles. The number of benzene rings is 1. The molecule has 1 aromatic heterocycles. The number of rotatable bonds is 3. The van der Waals surface area contributed by atoms with Crippen molar-refractivity contribution in [1.82, 2.24) is 14.9 Å². The van der Waals surface area contributed by atoms with Gasteiger partial charge in [0, 0.05) is 24.0 Å². The number of ketones is 1. The Morgan fingerprint density at radius 3 is 2.83 bits per heavy atom. The number of carbonyl (C=O) groups excluding carboxylic acids is 1. The molecule has 152 valence electrons. The summed E-state index contributed by atoms with van der Waals surface area (Å²) < 4.78 is 39.8. The van der Waals surface area contributed by atoms with E-state index in [4.69, 9.17) is 11.6 Å². The lowest BCUT2D eigenvalue weighted by Gasteiger charge is -2.46. The Labute approximate surface area is 173 Å². The highest BCUT2D eigenvalue weighted by Crippen LogP contribution is 2.38. The highest BCUT2D eigenvalue weighted by atomic mass is 35.5. The molecule has 0 bridgehead atoms. The average Bonchev–Trinajstić information content (AvgIpc) is 3.10. The van der Waals surface area contributed by atoms with Crippen molar-refractivity contribution in [2.75, 3.05) is 6.54 Å². The van der Waals surface area contributed by atoms with Gasteiger partial charge in [-0.25, -0.2) is 4.98 Å². The molecule has 10 heteroatoms. The van der Waals surface area contributed by atoms with Crippen molar-refractivity contribution in [3.8, 4) is 0 Å². The SMILES string of the molecule is O=C1C2=CC=CCN2C(Cc2cnc(Cl)s2)N(O)C1c1cccc(C(F)(F)F)c1. The zero-order valence-electron chi connectivity index (χ0n) is 14.8. The maximum absolute atomic E-state index is 13.2. The summed E-state index contributed by atoms with van der Waals surface area (Å²) in [6, 6.07) is 3.24. The van der Waals surface area contributed by atoms with Gasteiger partial charge in [-0.2, -0.15) is 18.2 Å². The lowest BCUT2D eigenvalue weighted by atomic mass is 9.93. The van der Waals surface area contributed by atoms with E-state index in [0.29, 0.717) is 23.1 Å². The third-order valence-electron chi connectivity index (χ3n) is 4.87. The molecule has 0 aliphatic carbocycles. The Kier molecular flexibility index (Phi) is 5.24. The summed E-state index contributed by atoms with van der Waals surface area (Å²) in [6.45, 7) is 0.390. The summed E-state index contributed by atoms with van der Waals surface area (Å²) in [4.78, 5) is 19.6. The zero-order chi connectivity index (χ0) is 20.8. The zero-order valence-corrected chi connectivity index (χ0v) is 16.4. The van der Waals surface area contributed by atoms with E-state index in [2.05, 4.69) is 4.98 Å². The highest BCUT2D eigenvalue weighted by molar-refractivity contribution is 7.15. The summed E-state index contributed by atoms with van der Waals surface area (Å²) in [7, 11) is 0. The van der Waals surface area contributed by atoms with E-state index in [-0.39, 0.29) is 5.56 Å². The van der Waals surface area contributed by atoms with E-state index in [1.54, 1.807) is 23.2 Å². The van der Waals surface area contributed by atoms with Gasteiger partial charge in [0.25, 0.3) is 0 Å². The lowest BCUT2D eigenvalue weighted by Crippen LogP contribution is -2.57. The van der Waals surface area contributed by atoms with Gasteiger partial charge in [-0.1, -0.05) is 35.9 Å². The number of hydroxylamine groups is 2. The minimum Gasteiger partial charge on any atom is -0.347 e. The quantitative estimate of drug-likeness (QED) is 0.762. The minimum absolute atomic E-state index is 0.0785. The van der Waals surface area contributed by atoms with Crippen molar-refractivity contribution in [1.29, 1.82) is 0 Å². The van der Waals surface area contributed by atoms with Gasteiger partial charge in [-0.15, -0.1) is 11.3 Å². The van der Waals surface area contributed by atoms with E-state index in [9.17, 15) is 23.2 Å². The molecule has 1 aromatic carbocycles. The van der Waals surface area contributed by atoms with E-state index in [0.717, 1.165) is 22.1 Å². The van der Waals surface area contributed by atoms with Crippen LogP contribution in [0.15, 0.2) is 54.4 Å². The predicted molar refractivity (Wildman–Crippen MR) is 101 cm³/mol. The topological polar surface area (TPSA) is 56.7 Å². The van der Waals surface area contributed by atoms with Gasteiger partial charge in [0.1, 0.15) is 12.2 Å². The molecule has 2 unspecified atom stereocenters. The van der Waals surface area contributed by atoms with Crippen LogP contribution in [-0.4, -0.2) is 38.6 Å². The van der Waals surface area contributed by atoms with Gasteiger partial charge in [-0.3, -0.25) is 4.79 Å². The summed E-state index contributed by atoms with van der Waals surface area (Å²) in [5.41, 5.74) is -0.447. The minimum atomic E-state index is -4.55. The molecule has 0 radical (unpaired) electrons. The standard InChI is InChI=1S/C19H15ClF3N3O2S/c20-18-24-10-13(29-18)9-15-25-7-2-1-6-14(25)17(27)16(26(15)28)11-4-3-5-12(8-11)19(21,22)23/h1-6,8,10,15-16,28H,7,9H2. The molecule has 1 saturated heterocycles. The smallest absolute Gasteiger partial charge is 0.347 e. The van der Waals surface area contributed by atoms with Crippen molar-refractivity contribution >= 4 is 28.7 Å². The number of alkyl halides is 3. The van der Waals surface area contributed by atoms with Crippen LogP contribution in [0, 0.1) is 0 Å². The normalized spacial score (nSPS) is 22.6. The first-order valence-corrected chi connectivity index (χ1v) is 9.87. The molecule has 0 amide bonds. The number of aromatic nitrogens is 1. The second kappa shape index (κ2) is 7.56. The van der Waals surface area contributed by atoms with Crippen LogP contribution in [-0.2, 0) is 17.4 Å². The molecule has 2 aliphatic rings. The van der Waals surface area contributed by atoms with Crippen LogP contribution in [0.3, 0.4) is 0 Å². The van der Waals surface area contributed by atoms with Crippen molar-refractivity contribution in [3.05, 3.63) is 74.9 Å². The van der Waals surface area contributed by atoms with Gasteiger partial charge < -0.3 is 10.1 Å². The Balaban J connectivity index is 1.74. The van der Waals surface area contributed by atoms with Crippen LogP contribution >= 0.6 is 22.9 Å². The molecule has 2 aromatic rings. The third kappa shape index (κ3) is 3.83. The Bertz CT molecular complexity index is 1000. The summed E-state index contributed by atoms with van der Waals surface area (Å²) >= 11 is 7.14. The van der Waals surface area contributed by atoms with Crippen LogP contribution in [0.1, 0.15) is 22.0 Å². The van der Waals surface area contributed by atoms with Gasteiger partial charge in [0.15, 0.2) is 4.47 Å². The highest BCUT2D eigenvalue weighted by Gasteiger charge is 2.45. The number of nitrogens with zero attached hydrogens (tertiary/aromatic N) is 3. The second-order valence-corrected chi connectivity index (χ2v) is 8.36. The number of allylic oxidation sites excluding steroid dienone is 2. The van der Waals surface area contributed by atoms with Crippen LogP contribution in [0.5, 0.6) is 0 Å². The number of hydrogen-bond acceptors (Lipinski definition) is 6. The van der Waals surface area contributed by atoms with Crippen molar-refractivity contribution in [3.63, 3.8) is 0 Å². The monoisotopic (exact) mass is 441 g/mol. The summed E-state index contributed by atoms with van der Waals surface area (Å²) in [5, 5.41) is 11.8. The van der Waals surface area contributed by atoms with Crippen LogP contribution in [0.2, 0.25) is 4.47 Å². The maximum atomic E-state index is 13.2. The van der Waals surface area contributed by atoms with Crippen LogP contribution in [0.4, 0.5) is 13.2 Å². The molecular weight excluding hydrogens is 427 g/mol. The number of Topliss-reactive ketones (excluding diaryl/α,β-unsaturated/α-hetero) is 1. The van der Waals surface area contributed by atoms with E-state index in [1.807, 2.05) is 6.08 Å². The van der Waals surface area contributed by atoms with E-state index < -0.39 is 29.7 Å². The van der Waals surface area contributed by atoms with E-state index >= 15 is 0 Å². The largest absolute Gasteiger partial charge is 0.416 e. The second-order valence-electron chi connectivity index (χ2n) is 6.67. The Hall–Kier alpha value is -2.20. The molecule has 0 spiro atoms. The molecule has 29 heavy (non-hydrogen) atoms. The number of fused-ring (bicyclic) bond motifs is 1. The molecule has 0 saturated carbocycles. The molecular formula is C19H15ClF3N3O2S. The molecule has 1 fully saturated rings. The van der Waals surface area contributed by atoms with Gasteiger partial charge in [0.2, 0.25) is 5.78 Å². The van der Waals surface area contributed by atoms with Crippen molar-refractivity contribution in [2.45, 2.75) is 24.8 Å². The fourth-order valence-corrected chi connectivity index (χ4v) is 4.57. The molecule has 5 nitrogen and oxygen atoms in total. The Morgan fingerprint density at radius 1 is 1.34 bits per heavy atom. The average molecular weight is 442 g/mol. The van der Waals surface area contributed by atoms with Gasteiger partial charge in [-0.05, 0) is 23.8 Å². The van der Waals surface area contributed by atoms with Crippen LogP contribution < -0.4 is 0 Å². The van der Waals surface area contributed by atoms with Crippen LogP contribution in [0.25, 0.3) is 0 Å². The number of hydrogen-bond donors (Lipinski definition) is 1. The molecule has 1 N–H and O–H groups in total. The van der Waals surface area contributed by atoms with Crippen molar-refractivity contribution < 1.29 is 23.2 Å². The first-order chi connectivity index (χ1) is 13.8. The van der Waals surface area contributed by atoms with Gasteiger partial charge >= 0.3 is 6.18 Å². The fourth-order valence-electron chi connectivity index (χ4n) is 3.56. The Morgan fingerprint density at radius 2 is 2.14 bits per heavy atom. The first-order valence-electron chi connectivity index (χ1n) is 8.68. The van der Waals surface area contributed by atoms with Crippen molar-refractivity contribution in [2.24, 2.45) is 0 Å². The number of thiazole rings is 1. The third-order valence-corrected chi connectivity index (χ3v) is 6.01. The molecule has 3 heterocycles. The lowest BCUT2D eigenvalue weighted by molar-refractivity contribution is -0.209. The maximum Gasteiger partial charge on any atom is 0.416 e. The van der Waals surface area contributed by atoms with E-state index in [1.165, 1.54) is 23.5 Å². The molecule has 2 atom stereocenters.